The molecule has 24 heavy (non-hydrogen) atoms. The quantitative estimate of drug-likeness (QED) is 0.487. The maximum absolute atomic E-state index is 12.3. The van der Waals surface area contributed by atoms with Gasteiger partial charge in [0.15, 0.2) is 0 Å². The molecule has 1 heterocycles. The Morgan fingerprint density at radius 3 is 2.54 bits per heavy atom. The van der Waals surface area contributed by atoms with Crippen molar-refractivity contribution in [1.29, 1.82) is 0 Å². The van der Waals surface area contributed by atoms with Crippen molar-refractivity contribution < 1.29 is 24.4 Å². The number of aliphatic carboxylic acids is 1. The maximum Gasteiger partial charge on any atom is 0.319 e. The number of hydrogen-bond acceptors (Lipinski definition) is 6. The molecule has 2 rings (SSSR count). The molecule has 0 aliphatic carbocycles. The fourth-order valence-electron chi connectivity index (χ4n) is 3.36. The molecular formula is C16H18N2O6. The summed E-state index contributed by atoms with van der Waals surface area (Å²) in [4.78, 5) is 35.4. The number of esters is 1. The van der Waals surface area contributed by atoms with Gasteiger partial charge < -0.3 is 15.2 Å². The minimum atomic E-state index is -1.90. The second kappa shape index (κ2) is 6.31. The van der Waals surface area contributed by atoms with Gasteiger partial charge in [-0.3, -0.25) is 19.7 Å². The van der Waals surface area contributed by atoms with Gasteiger partial charge in [0, 0.05) is 17.8 Å². The van der Waals surface area contributed by atoms with E-state index in [1.165, 1.54) is 30.3 Å². The first kappa shape index (κ1) is 17.5. The molecule has 0 aromatic heterocycles. The van der Waals surface area contributed by atoms with E-state index >= 15 is 0 Å². The molecule has 2 N–H and O–H groups in total. The largest absolute Gasteiger partial charge is 0.480 e. The number of benzene rings is 1. The van der Waals surface area contributed by atoms with Crippen LogP contribution >= 0.6 is 0 Å². The summed E-state index contributed by atoms with van der Waals surface area (Å²) in [5, 5.41) is 24.4. The standard InChI is InChI=1S/C16H18N2O6/c1-9-8-16(15(20)21,13(10(2)17-9)14(19)24-3)11-6-4-5-7-12(11)18(22)23/h4-8,10,13,17H,1-3H3,(H,20,21). The second-order valence-electron chi connectivity index (χ2n) is 5.71. The summed E-state index contributed by atoms with van der Waals surface area (Å²) in [7, 11) is 1.16. The van der Waals surface area contributed by atoms with Crippen LogP contribution in [0.4, 0.5) is 5.69 Å². The summed E-state index contributed by atoms with van der Waals surface area (Å²) in [5.74, 6) is -3.26. The van der Waals surface area contributed by atoms with E-state index in [-0.39, 0.29) is 11.3 Å². The molecule has 0 radical (unpaired) electrons. The number of carboxylic acid groups (broad SMARTS) is 1. The zero-order chi connectivity index (χ0) is 18.1. The van der Waals surface area contributed by atoms with Gasteiger partial charge in [0.25, 0.3) is 5.69 Å². The summed E-state index contributed by atoms with van der Waals surface area (Å²) in [6, 6.07) is 4.97. The molecule has 3 unspecified atom stereocenters. The molecule has 128 valence electrons. The maximum atomic E-state index is 12.3. The lowest BCUT2D eigenvalue weighted by Crippen LogP contribution is -2.57. The van der Waals surface area contributed by atoms with E-state index in [2.05, 4.69) is 5.32 Å². The van der Waals surface area contributed by atoms with Crippen molar-refractivity contribution >= 4 is 17.6 Å². The van der Waals surface area contributed by atoms with Crippen molar-refractivity contribution in [3.63, 3.8) is 0 Å². The molecule has 1 aliphatic heterocycles. The number of carbonyl (C=O) groups is 2. The first-order chi connectivity index (χ1) is 11.3. The fraction of sp³-hybridized carbons (Fsp3) is 0.375. The number of nitro benzene ring substituents is 1. The molecule has 1 aromatic carbocycles. The van der Waals surface area contributed by atoms with Gasteiger partial charge in [-0.25, -0.2) is 0 Å². The van der Waals surface area contributed by atoms with Crippen molar-refractivity contribution in [3.8, 4) is 0 Å². The Hall–Kier alpha value is -2.90. The average molecular weight is 334 g/mol. The van der Waals surface area contributed by atoms with Gasteiger partial charge in [0.05, 0.1) is 17.6 Å². The van der Waals surface area contributed by atoms with Crippen LogP contribution in [0.3, 0.4) is 0 Å². The smallest absolute Gasteiger partial charge is 0.319 e. The normalized spacial score (nSPS) is 26.0. The number of ether oxygens (including phenoxy) is 1. The highest BCUT2D eigenvalue weighted by atomic mass is 16.6. The number of rotatable bonds is 4. The Morgan fingerprint density at radius 1 is 1.38 bits per heavy atom. The third-order valence-corrected chi connectivity index (χ3v) is 4.25. The molecule has 0 saturated carbocycles. The molecule has 0 fully saturated rings. The summed E-state index contributed by atoms with van der Waals surface area (Å²) in [6.07, 6.45) is 1.35. The lowest BCUT2D eigenvalue weighted by molar-refractivity contribution is -0.386. The fourth-order valence-corrected chi connectivity index (χ4v) is 3.36. The predicted molar refractivity (Wildman–Crippen MR) is 84.3 cm³/mol. The summed E-state index contributed by atoms with van der Waals surface area (Å²) >= 11 is 0. The van der Waals surface area contributed by atoms with Crippen molar-refractivity contribution in [2.45, 2.75) is 25.3 Å². The number of hydrogen-bond donors (Lipinski definition) is 2. The molecule has 1 aliphatic rings. The van der Waals surface area contributed by atoms with Crippen LogP contribution < -0.4 is 5.32 Å². The SMILES string of the molecule is COC(=O)C1C(C)NC(C)=CC1(C(=O)O)c1ccccc1[N+](=O)[O-]. The molecule has 0 saturated heterocycles. The molecule has 8 nitrogen and oxygen atoms in total. The lowest BCUT2D eigenvalue weighted by Gasteiger charge is -2.41. The van der Waals surface area contributed by atoms with Gasteiger partial charge in [-0.1, -0.05) is 18.2 Å². The minimum absolute atomic E-state index is 0.0504. The number of carboxylic acids is 1. The van der Waals surface area contributed by atoms with Crippen LogP contribution in [0.2, 0.25) is 0 Å². The average Bonchev–Trinajstić information content (AvgIpc) is 2.53. The van der Waals surface area contributed by atoms with Crippen molar-refractivity contribution in [2.24, 2.45) is 5.92 Å². The number of allylic oxidation sites excluding steroid dienone is 1. The van der Waals surface area contributed by atoms with E-state index in [0.29, 0.717) is 5.70 Å². The van der Waals surface area contributed by atoms with Crippen LogP contribution in [-0.2, 0) is 19.7 Å². The van der Waals surface area contributed by atoms with Crippen LogP contribution in [0, 0.1) is 16.0 Å². The molecule has 3 atom stereocenters. The van der Waals surface area contributed by atoms with Crippen LogP contribution in [0.25, 0.3) is 0 Å². The highest BCUT2D eigenvalue weighted by molar-refractivity contribution is 5.93. The van der Waals surface area contributed by atoms with E-state index in [0.717, 1.165) is 7.11 Å². The van der Waals surface area contributed by atoms with Crippen LogP contribution in [-0.4, -0.2) is 35.1 Å². The van der Waals surface area contributed by atoms with Crippen molar-refractivity contribution in [2.75, 3.05) is 7.11 Å². The number of nitrogens with one attached hydrogen (secondary N) is 1. The van der Waals surface area contributed by atoms with Crippen LogP contribution in [0.5, 0.6) is 0 Å². The van der Waals surface area contributed by atoms with Crippen molar-refractivity contribution in [3.05, 3.63) is 51.7 Å². The van der Waals surface area contributed by atoms with Crippen LogP contribution in [0.15, 0.2) is 36.0 Å². The summed E-state index contributed by atoms with van der Waals surface area (Å²) in [5.41, 5.74) is -1.79. The Labute approximate surface area is 138 Å². The third-order valence-electron chi connectivity index (χ3n) is 4.25. The zero-order valence-corrected chi connectivity index (χ0v) is 13.5. The van der Waals surface area contributed by atoms with Gasteiger partial charge in [-0.15, -0.1) is 0 Å². The monoisotopic (exact) mass is 334 g/mol. The number of methoxy groups -OCH3 is 1. The number of nitrogens with zero attached hydrogens (tertiary/aromatic N) is 1. The Kier molecular flexibility index (Phi) is 4.59. The molecule has 0 spiro atoms. The molecule has 0 bridgehead atoms. The molecule has 1 aromatic rings. The van der Waals surface area contributed by atoms with Gasteiger partial charge in [0.2, 0.25) is 0 Å². The van der Waals surface area contributed by atoms with E-state index in [1.807, 2.05) is 0 Å². The van der Waals surface area contributed by atoms with E-state index in [4.69, 9.17) is 4.74 Å². The van der Waals surface area contributed by atoms with E-state index in [9.17, 15) is 24.8 Å². The summed E-state index contributed by atoms with van der Waals surface area (Å²) in [6.45, 7) is 3.29. The topological polar surface area (TPSA) is 119 Å². The predicted octanol–water partition coefficient (Wildman–Crippen LogP) is 1.60. The number of nitro groups is 1. The van der Waals surface area contributed by atoms with Gasteiger partial charge in [0.1, 0.15) is 11.3 Å². The second-order valence-corrected chi connectivity index (χ2v) is 5.71. The third kappa shape index (κ3) is 2.60. The first-order valence-electron chi connectivity index (χ1n) is 7.26. The van der Waals surface area contributed by atoms with Crippen molar-refractivity contribution in [1.82, 2.24) is 5.32 Å². The Bertz CT molecular complexity index is 729. The highest BCUT2D eigenvalue weighted by Crippen LogP contribution is 2.44. The first-order valence-corrected chi connectivity index (χ1v) is 7.26. The molecular weight excluding hydrogens is 316 g/mol. The summed E-state index contributed by atoms with van der Waals surface area (Å²) < 4.78 is 4.78. The Morgan fingerprint density at radius 2 is 2.00 bits per heavy atom. The minimum Gasteiger partial charge on any atom is -0.480 e. The zero-order valence-electron chi connectivity index (χ0n) is 13.5. The van der Waals surface area contributed by atoms with Gasteiger partial charge in [-0.05, 0) is 19.9 Å². The number of carbonyl (C=O) groups excluding carboxylic acids is 1. The van der Waals surface area contributed by atoms with Gasteiger partial charge in [-0.2, -0.15) is 0 Å². The van der Waals surface area contributed by atoms with E-state index < -0.39 is 34.2 Å². The van der Waals surface area contributed by atoms with Gasteiger partial charge >= 0.3 is 11.9 Å². The molecule has 8 heteroatoms. The van der Waals surface area contributed by atoms with Crippen LogP contribution in [0.1, 0.15) is 19.4 Å². The van der Waals surface area contributed by atoms with E-state index in [1.54, 1.807) is 13.8 Å². The number of para-hydroxylation sites is 1. The lowest BCUT2D eigenvalue weighted by atomic mass is 9.65. The molecule has 0 amide bonds. The Balaban J connectivity index is 2.86. The highest BCUT2D eigenvalue weighted by Gasteiger charge is 2.56.